The Balaban J connectivity index is 1.63. The molecule has 0 spiro atoms. The first-order valence-corrected chi connectivity index (χ1v) is 10.2. The zero-order chi connectivity index (χ0) is 21.8. The summed E-state index contributed by atoms with van der Waals surface area (Å²) in [6.07, 6.45) is 0. The van der Waals surface area contributed by atoms with Crippen LogP contribution >= 0.6 is 0 Å². The zero-order valence-electron chi connectivity index (χ0n) is 18.1. The van der Waals surface area contributed by atoms with Crippen LogP contribution in [0.4, 0.5) is 0 Å². The average Bonchev–Trinajstić information content (AvgIpc) is 3.01. The predicted molar refractivity (Wildman–Crippen MR) is 119 cm³/mol. The molecule has 3 aromatic carbocycles. The van der Waals surface area contributed by atoms with Crippen LogP contribution in [0.15, 0.2) is 54.6 Å². The minimum absolute atomic E-state index is 0.231. The summed E-state index contributed by atoms with van der Waals surface area (Å²) >= 11 is 0. The quantitative estimate of drug-likeness (QED) is 0.633. The van der Waals surface area contributed by atoms with Crippen LogP contribution in [0.1, 0.15) is 11.1 Å². The Bertz CT molecular complexity index is 1050. The highest BCUT2D eigenvalue weighted by molar-refractivity contribution is 5.70. The lowest BCUT2D eigenvalue weighted by Crippen LogP contribution is -2.25. The summed E-state index contributed by atoms with van der Waals surface area (Å²) in [5.41, 5.74) is 4.03. The largest absolute Gasteiger partial charge is 0.507 e. The maximum absolute atomic E-state index is 10.4. The average molecular weight is 421 g/mol. The smallest absolute Gasteiger partial charge is 0.165 e. The van der Waals surface area contributed by atoms with E-state index in [-0.39, 0.29) is 5.75 Å². The van der Waals surface area contributed by atoms with Gasteiger partial charge in [-0.3, -0.25) is 4.90 Å². The maximum Gasteiger partial charge on any atom is 0.165 e. The van der Waals surface area contributed by atoms with Gasteiger partial charge in [-0.05, 0) is 41.5 Å². The highest BCUT2D eigenvalue weighted by Crippen LogP contribution is 2.39. The number of ether oxygens (including phenoxy) is 4. The van der Waals surface area contributed by atoms with Crippen molar-refractivity contribution < 1.29 is 24.1 Å². The van der Waals surface area contributed by atoms with Crippen molar-refractivity contribution in [2.24, 2.45) is 0 Å². The van der Waals surface area contributed by atoms with Crippen molar-refractivity contribution in [3.05, 3.63) is 65.7 Å². The molecule has 6 heteroatoms. The third kappa shape index (κ3) is 4.54. The summed E-state index contributed by atoms with van der Waals surface area (Å²) < 4.78 is 22.2. The third-order valence-electron chi connectivity index (χ3n) is 5.51. The molecule has 162 valence electrons. The summed E-state index contributed by atoms with van der Waals surface area (Å²) in [6, 6.07) is 17.5. The molecule has 0 amide bonds. The monoisotopic (exact) mass is 421 g/mol. The van der Waals surface area contributed by atoms with Crippen molar-refractivity contribution >= 4 is 0 Å². The number of nitrogens with zero attached hydrogens (tertiary/aromatic N) is 1. The number of aromatic hydroxyl groups is 1. The van der Waals surface area contributed by atoms with Gasteiger partial charge in [0.1, 0.15) is 23.9 Å². The van der Waals surface area contributed by atoms with E-state index in [0.717, 1.165) is 46.0 Å². The first-order valence-electron chi connectivity index (χ1n) is 10.2. The second kappa shape index (κ2) is 9.18. The minimum Gasteiger partial charge on any atom is -0.507 e. The topological polar surface area (TPSA) is 60.4 Å². The first kappa shape index (κ1) is 20.9. The Hall–Kier alpha value is -3.38. The van der Waals surface area contributed by atoms with E-state index in [9.17, 15) is 5.11 Å². The molecule has 0 saturated carbocycles. The van der Waals surface area contributed by atoms with Gasteiger partial charge in [0.15, 0.2) is 11.5 Å². The molecular formula is C25H27NO5. The van der Waals surface area contributed by atoms with Gasteiger partial charge in [-0.2, -0.15) is 0 Å². The normalized spacial score (nSPS) is 13.6. The number of benzene rings is 3. The van der Waals surface area contributed by atoms with Gasteiger partial charge in [-0.1, -0.05) is 18.2 Å². The SMILES string of the molecule is COc1ccc(-c2cc3c(c(OC)c2)OCCN(Cc2ccc(OC)cc2O)C3)cc1. The van der Waals surface area contributed by atoms with E-state index >= 15 is 0 Å². The third-order valence-corrected chi connectivity index (χ3v) is 5.51. The van der Waals surface area contributed by atoms with Gasteiger partial charge < -0.3 is 24.1 Å². The van der Waals surface area contributed by atoms with E-state index in [2.05, 4.69) is 11.0 Å². The standard InChI is InChI=1S/C25H27NO5/c1-28-21-7-4-17(5-8-21)19-12-20-16-26(10-11-31-25(20)24(13-19)30-3)15-18-6-9-22(29-2)14-23(18)27/h4-9,12-14,27H,10-11,15-16H2,1-3H3. The van der Waals surface area contributed by atoms with Gasteiger partial charge in [-0.15, -0.1) is 0 Å². The van der Waals surface area contributed by atoms with Crippen LogP contribution in [0.2, 0.25) is 0 Å². The Labute approximate surface area is 182 Å². The van der Waals surface area contributed by atoms with Crippen LogP contribution in [-0.2, 0) is 13.1 Å². The van der Waals surface area contributed by atoms with Gasteiger partial charge in [0.05, 0.1) is 21.3 Å². The molecule has 1 aliphatic heterocycles. The molecule has 0 radical (unpaired) electrons. The number of hydrogen-bond acceptors (Lipinski definition) is 6. The summed E-state index contributed by atoms with van der Waals surface area (Å²) in [4.78, 5) is 2.25. The molecule has 31 heavy (non-hydrogen) atoms. The molecule has 0 fully saturated rings. The highest BCUT2D eigenvalue weighted by Gasteiger charge is 2.21. The van der Waals surface area contributed by atoms with Gasteiger partial charge >= 0.3 is 0 Å². The van der Waals surface area contributed by atoms with Crippen LogP contribution in [0.5, 0.6) is 28.7 Å². The molecule has 0 saturated heterocycles. The lowest BCUT2D eigenvalue weighted by molar-refractivity contribution is 0.215. The highest BCUT2D eigenvalue weighted by atomic mass is 16.5. The van der Waals surface area contributed by atoms with Crippen molar-refractivity contribution in [1.29, 1.82) is 0 Å². The van der Waals surface area contributed by atoms with E-state index in [1.165, 1.54) is 0 Å². The first-order chi connectivity index (χ1) is 15.1. The molecule has 3 aromatic rings. The summed E-state index contributed by atoms with van der Waals surface area (Å²) in [5.74, 6) is 3.19. The van der Waals surface area contributed by atoms with Crippen LogP contribution in [-0.4, -0.2) is 44.5 Å². The molecule has 1 heterocycles. The van der Waals surface area contributed by atoms with Crippen molar-refractivity contribution in [2.45, 2.75) is 13.1 Å². The van der Waals surface area contributed by atoms with Crippen LogP contribution in [0.3, 0.4) is 0 Å². The predicted octanol–water partition coefficient (Wildman–Crippen LogP) is 4.48. The molecular weight excluding hydrogens is 394 g/mol. The number of hydrogen-bond donors (Lipinski definition) is 1. The second-order valence-corrected chi connectivity index (χ2v) is 7.45. The van der Waals surface area contributed by atoms with E-state index in [1.807, 2.05) is 42.5 Å². The van der Waals surface area contributed by atoms with Crippen molar-refractivity contribution in [3.63, 3.8) is 0 Å². The Kier molecular flexibility index (Phi) is 6.18. The number of phenolic OH excluding ortho intramolecular Hbond substituents is 1. The minimum atomic E-state index is 0.231. The van der Waals surface area contributed by atoms with Crippen molar-refractivity contribution in [1.82, 2.24) is 4.90 Å². The molecule has 0 atom stereocenters. The zero-order valence-corrected chi connectivity index (χ0v) is 18.1. The lowest BCUT2D eigenvalue weighted by atomic mass is 10.0. The second-order valence-electron chi connectivity index (χ2n) is 7.45. The molecule has 1 N–H and O–H groups in total. The van der Waals surface area contributed by atoms with Gasteiger partial charge in [0.2, 0.25) is 0 Å². The van der Waals surface area contributed by atoms with Crippen LogP contribution in [0.25, 0.3) is 11.1 Å². The van der Waals surface area contributed by atoms with Crippen molar-refractivity contribution in [2.75, 3.05) is 34.5 Å². The fraction of sp³-hybridized carbons (Fsp3) is 0.280. The Morgan fingerprint density at radius 1 is 0.871 bits per heavy atom. The lowest BCUT2D eigenvalue weighted by Gasteiger charge is -2.20. The van der Waals surface area contributed by atoms with E-state index in [0.29, 0.717) is 25.4 Å². The van der Waals surface area contributed by atoms with Crippen molar-refractivity contribution in [3.8, 4) is 39.9 Å². The van der Waals surface area contributed by atoms with E-state index < -0.39 is 0 Å². The van der Waals surface area contributed by atoms with E-state index in [4.69, 9.17) is 18.9 Å². The van der Waals surface area contributed by atoms with Crippen LogP contribution in [0, 0.1) is 0 Å². The number of phenols is 1. The molecule has 1 aliphatic rings. The maximum atomic E-state index is 10.4. The molecule has 0 aliphatic carbocycles. The Morgan fingerprint density at radius 3 is 2.29 bits per heavy atom. The summed E-state index contributed by atoms with van der Waals surface area (Å²) in [6.45, 7) is 2.57. The van der Waals surface area contributed by atoms with Crippen LogP contribution < -0.4 is 18.9 Å². The van der Waals surface area contributed by atoms with Gasteiger partial charge in [0.25, 0.3) is 0 Å². The fourth-order valence-corrected chi connectivity index (χ4v) is 3.82. The molecule has 6 nitrogen and oxygen atoms in total. The van der Waals surface area contributed by atoms with Gasteiger partial charge in [-0.25, -0.2) is 0 Å². The Morgan fingerprint density at radius 2 is 1.61 bits per heavy atom. The number of rotatable bonds is 6. The summed E-state index contributed by atoms with van der Waals surface area (Å²) in [7, 11) is 4.91. The number of methoxy groups -OCH3 is 3. The molecule has 0 bridgehead atoms. The summed E-state index contributed by atoms with van der Waals surface area (Å²) in [5, 5.41) is 10.4. The molecule has 0 unspecified atom stereocenters. The van der Waals surface area contributed by atoms with Gasteiger partial charge in [0, 0.05) is 36.8 Å². The van der Waals surface area contributed by atoms with E-state index in [1.54, 1.807) is 27.4 Å². The fourth-order valence-electron chi connectivity index (χ4n) is 3.82. The molecule has 4 rings (SSSR count). The molecule has 0 aromatic heterocycles. The number of fused-ring (bicyclic) bond motifs is 1.